The molecule has 0 unspecified atom stereocenters. The predicted octanol–water partition coefficient (Wildman–Crippen LogP) is 4.96. The Morgan fingerprint density at radius 3 is 2.65 bits per heavy atom. The van der Waals surface area contributed by atoms with E-state index in [9.17, 15) is 0 Å². The first kappa shape index (κ1) is 11.2. The molecule has 96 valence electrons. The van der Waals surface area contributed by atoms with E-state index >= 15 is 0 Å². The van der Waals surface area contributed by atoms with Crippen LogP contribution in [0.5, 0.6) is 0 Å². The molecule has 20 heavy (non-hydrogen) atoms. The summed E-state index contributed by atoms with van der Waals surface area (Å²) in [5, 5.41) is 2.18. The molecule has 0 aliphatic rings. The molecule has 2 heterocycles. The lowest BCUT2D eigenvalue weighted by molar-refractivity contribution is 0.654. The minimum Gasteiger partial charge on any atom is -0.438 e. The van der Waals surface area contributed by atoms with Crippen LogP contribution in [0.1, 0.15) is 5.56 Å². The SMILES string of the molecule is Cc1cccc(-c2ccc3oc4ncccc4c3c2)c1. The molecule has 0 saturated heterocycles. The third-order valence-electron chi connectivity index (χ3n) is 3.60. The molecule has 4 aromatic rings. The van der Waals surface area contributed by atoms with Crippen molar-refractivity contribution in [3.8, 4) is 11.1 Å². The molecule has 0 spiro atoms. The molecular weight excluding hydrogens is 246 g/mol. The Morgan fingerprint density at radius 1 is 0.850 bits per heavy atom. The molecule has 0 radical (unpaired) electrons. The molecule has 0 amide bonds. The van der Waals surface area contributed by atoms with Gasteiger partial charge in [-0.1, -0.05) is 35.9 Å². The van der Waals surface area contributed by atoms with Crippen LogP contribution < -0.4 is 0 Å². The number of pyridine rings is 1. The summed E-state index contributed by atoms with van der Waals surface area (Å²) in [5.41, 5.74) is 5.28. The minimum atomic E-state index is 0.698. The molecule has 0 N–H and O–H groups in total. The van der Waals surface area contributed by atoms with Gasteiger partial charge in [-0.2, -0.15) is 0 Å². The smallest absolute Gasteiger partial charge is 0.227 e. The Bertz CT molecular complexity index is 921. The van der Waals surface area contributed by atoms with Gasteiger partial charge in [0.25, 0.3) is 0 Å². The van der Waals surface area contributed by atoms with Crippen molar-refractivity contribution in [3.05, 3.63) is 66.4 Å². The third kappa shape index (κ3) is 1.69. The van der Waals surface area contributed by atoms with Crippen molar-refractivity contribution in [1.82, 2.24) is 4.98 Å². The number of aryl methyl sites for hydroxylation is 1. The van der Waals surface area contributed by atoms with Gasteiger partial charge in [-0.15, -0.1) is 0 Å². The molecule has 2 aromatic heterocycles. The number of furan rings is 1. The van der Waals surface area contributed by atoms with Gasteiger partial charge in [-0.3, -0.25) is 0 Å². The largest absolute Gasteiger partial charge is 0.438 e. The van der Waals surface area contributed by atoms with E-state index in [4.69, 9.17) is 4.42 Å². The zero-order chi connectivity index (χ0) is 13.5. The Hall–Kier alpha value is -2.61. The summed E-state index contributed by atoms with van der Waals surface area (Å²) in [4.78, 5) is 4.27. The van der Waals surface area contributed by atoms with Crippen molar-refractivity contribution in [2.45, 2.75) is 6.92 Å². The van der Waals surface area contributed by atoms with Gasteiger partial charge < -0.3 is 4.42 Å². The fourth-order valence-electron chi connectivity index (χ4n) is 2.61. The van der Waals surface area contributed by atoms with Crippen molar-refractivity contribution < 1.29 is 4.42 Å². The van der Waals surface area contributed by atoms with Crippen LogP contribution in [-0.2, 0) is 0 Å². The quantitative estimate of drug-likeness (QED) is 0.483. The standard InChI is InChI=1S/C18H13NO/c1-12-4-2-5-13(10-12)14-7-8-17-16(11-14)15-6-3-9-19-18(15)20-17/h2-11H,1H3. The van der Waals surface area contributed by atoms with Crippen LogP contribution >= 0.6 is 0 Å². The first-order chi connectivity index (χ1) is 9.81. The van der Waals surface area contributed by atoms with Gasteiger partial charge in [-0.05, 0) is 42.3 Å². The van der Waals surface area contributed by atoms with Gasteiger partial charge in [0.2, 0.25) is 5.71 Å². The lowest BCUT2D eigenvalue weighted by Crippen LogP contribution is -1.79. The molecule has 2 aromatic carbocycles. The number of rotatable bonds is 1. The van der Waals surface area contributed by atoms with E-state index in [1.165, 1.54) is 16.7 Å². The highest BCUT2D eigenvalue weighted by molar-refractivity contribution is 6.04. The van der Waals surface area contributed by atoms with Crippen molar-refractivity contribution >= 4 is 22.1 Å². The second-order valence-corrected chi connectivity index (χ2v) is 5.04. The van der Waals surface area contributed by atoms with Gasteiger partial charge in [0.15, 0.2) is 0 Å². The van der Waals surface area contributed by atoms with Crippen LogP contribution in [0.25, 0.3) is 33.2 Å². The lowest BCUT2D eigenvalue weighted by atomic mass is 10.0. The fraction of sp³-hybridized carbons (Fsp3) is 0.0556. The summed E-state index contributed by atoms with van der Waals surface area (Å²) in [6.07, 6.45) is 1.76. The Kier molecular flexibility index (Phi) is 2.36. The maximum Gasteiger partial charge on any atom is 0.227 e. The number of hydrogen-bond acceptors (Lipinski definition) is 2. The van der Waals surface area contributed by atoms with E-state index in [0.717, 1.165) is 16.4 Å². The van der Waals surface area contributed by atoms with Crippen LogP contribution in [0.3, 0.4) is 0 Å². The Labute approximate surface area is 116 Å². The number of benzene rings is 2. The second-order valence-electron chi connectivity index (χ2n) is 5.04. The maximum absolute atomic E-state index is 5.76. The van der Waals surface area contributed by atoms with Crippen LogP contribution in [0, 0.1) is 6.92 Å². The summed E-state index contributed by atoms with van der Waals surface area (Å²) in [6.45, 7) is 2.11. The van der Waals surface area contributed by atoms with E-state index in [1.54, 1.807) is 6.20 Å². The first-order valence-electron chi connectivity index (χ1n) is 6.65. The van der Waals surface area contributed by atoms with Gasteiger partial charge in [-0.25, -0.2) is 4.98 Å². The van der Waals surface area contributed by atoms with Crippen LogP contribution in [0.2, 0.25) is 0 Å². The van der Waals surface area contributed by atoms with E-state index in [1.807, 2.05) is 18.2 Å². The summed E-state index contributed by atoms with van der Waals surface area (Å²) in [6, 6.07) is 18.8. The van der Waals surface area contributed by atoms with Crippen molar-refractivity contribution in [2.75, 3.05) is 0 Å². The van der Waals surface area contributed by atoms with E-state index < -0.39 is 0 Å². The molecule has 0 saturated carbocycles. The van der Waals surface area contributed by atoms with E-state index in [0.29, 0.717) is 5.71 Å². The predicted molar refractivity (Wildman–Crippen MR) is 81.7 cm³/mol. The highest BCUT2D eigenvalue weighted by Gasteiger charge is 2.08. The first-order valence-corrected chi connectivity index (χ1v) is 6.65. The van der Waals surface area contributed by atoms with Gasteiger partial charge >= 0.3 is 0 Å². The molecule has 0 atom stereocenters. The average molecular weight is 259 g/mol. The zero-order valence-corrected chi connectivity index (χ0v) is 11.1. The second kappa shape index (κ2) is 4.20. The van der Waals surface area contributed by atoms with Crippen molar-refractivity contribution in [2.24, 2.45) is 0 Å². The molecule has 2 heteroatoms. The van der Waals surface area contributed by atoms with Crippen LogP contribution in [0.15, 0.2) is 65.2 Å². The van der Waals surface area contributed by atoms with E-state index in [-0.39, 0.29) is 0 Å². The Balaban J connectivity index is 2.00. The fourth-order valence-corrected chi connectivity index (χ4v) is 2.61. The topological polar surface area (TPSA) is 26.0 Å². The van der Waals surface area contributed by atoms with Crippen molar-refractivity contribution in [1.29, 1.82) is 0 Å². The average Bonchev–Trinajstić information content (AvgIpc) is 2.85. The maximum atomic E-state index is 5.76. The third-order valence-corrected chi connectivity index (χ3v) is 3.60. The summed E-state index contributed by atoms with van der Waals surface area (Å²) < 4.78 is 5.76. The summed E-state index contributed by atoms with van der Waals surface area (Å²) in [5.74, 6) is 0. The Morgan fingerprint density at radius 2 is 1.75 bits per heavy atom. The number of nitrogens with zero attached hydrogens (tertiary/aromatic N) is 1. The monoisotopic (exact) mass is 259 g/mol. The number of hydrogen-bond donors (Lipinski definition) is 0. The van der Waals surface area contributed by atoms with Crippen molar-refractivity contribution in [3.63, 3.8) is 0 Å². The van der Waals surface area contributed by atoms with E-state index in [2.05, 4.69) is 48.3 Å². The molecule has 0 fully saturated rings. The summed E-state index contributed by atoms with van der Waals surface area (Å²) in [7, 11) is 0. The molecule has 0 bridgehead atoms. The van der Waals surface area contributed by atoms with Gasteiger partial charge in [0.05, 0.1) is 0 Å². The van der Waals surface area contributed by atoms with Crippen LogP contribution in [-0.4, -0.2) is 4.98 Å². The lowest BCUT2D eigenvalue weighted by Gasteiger charge is -2.03. The molecule has 4 rings (SSSR count). The molecular formula is C18H13NO. The number of aromatic nitrogens is 1. The highest BCUT2D eigenvalue weighted by Crippen LogP contribution is 2.31. The minimum absolute atomic E-state index is 0.698. The number of fused-ring (bicyclic) bond motifs is 3. The highest BCUT2D eigenvalue weighted by atomic mass is 16.3. The summed E-state index contributed by atoms with van der Waals surface area (Å²) >= 11 is 0. The normalized spacial score (nSPS) is 11.2. The van der Waals surface area contributed by atoms with Gasteiger partial charge in [0.1, 0.15) is 5.58 Å². The van der Waals surface area contributed by atoms with Gasteiger partial charge in [0, 0.05) is 17.0 Å². The van der Waals surface area contributed by atoms with Crippen LogP contribution in [0.4, 0.5) is 0 Å². The molecule has 0 aliphatic heterocycles. The zero-order valence-electron chi connectivity index (χ0n) is 11.1. The molecule has 2 nitrogen and oxygen atoms in total. The molecule has 0 aliphatic carbocycles.